The fraction of sp³-hybridized carbons (Fsp3) is 0.400. The van der Waals surface area contributed by atoms with Crippen LogP contribution in [0.3, 0.4) is 0 Å². The molecule has 0 aromatic heterocycles. The first kappa shape index (κ1) is 12.8. The van der Waals surface area contributed by atoms with Crippen LogP contribution in [0.1, 0.15) is 37.0 Å². The van der Waals surface area contributed by atoms with Gasteiger partial charge >= 0.3 is 5.97 Å². The molecule has 0 radical (unpaired) electrons. The summed E-state index contributed by atoms with van der Waals surface area (Å²) in [6.45, 7) is 5.14. The Labute approximate surface area is 107 Å². The van der Waals surface area contributed by atoms with Crippen LogP contribution in [0.5, 0.6) is 0 Å². The van der Waals surface area contributed by atoms with E-state index in [4.69, 9.17) is 9.47 Å². The van der Waals surface area contributed by atoms with E-state index >= 15 is 0 Å². The number of ether oxygens (including phenoxy) is 2. The molecule has 18 heavy (non-hydrogen) atoms. The molecule has 0 amide bonds. The summed E-state index contributed by atoms with van der Waals surface area (Å²) in [6, 6.07) is 8.27. The van der Waals surface area contributed by atoms with Crippen LogP contribution in [0.15, 0.2) is 36.4 Å². The third kappa shape index (κ3) is 2.99. The van der Waals surface area contributed by atoms with Gasteiger partial charge in [0.05, 0.1) is 6.10 Å². The Bertz CT molecular complexity index is 451. The molecule has 0 heterocycles. The molecule has 1 atom stereocenters. The third-order valence-electron chi connectivity index (χ3n) is 3.12. The number of hydrogen-bond donors (Lipinski definition) is 0. The molecule has 0 spiro atoms. The van der Waals surface area contributed by atoms with Crippen LogP contribution in [-0.4, -0.2) is 12.8 Å². The molecule has 1 aromatic rings. The Kier molecular flexibility index (Phi) is 4.15. The van der Waals surface area contributed by atoms with Crippen LogP contribution in [-0.2, 0) is 20.7 Å². The molecule has 1 aromatic carbocycles. The highest BCUT2D eigenvalue weighted by atomic mass is 16.7. The Hall–Kier alpha value is -1.61. The highest BCUT2D eigenvalue weighted by molar-refractivity contribution is 5.86. The lowest BCUT2D eigenvalue weighted by molar-refractivity contribution is -0.157. The number of rotatable bonds is 4. The zero-order valence-corrected chi connectivity index (χ0v) is 10.6. The molecular formula is C15H18O3. The lowest BCUT2D eigenvalue weighted by atomic mass is 9.89. The van der Waals surface area contributed by atoms with Crippen molar-refractivity contribution in [2.75, 3.05) is 6.79 Å². The molecule has 1 aliphatic carbocycles. The molecule has 0 fully saturated rings. The number of carbonyl (C=O) groups is 1. The molecule has 3 nitrogen and oxygen atoms in total. The fourth-order valence-corrected chi connectivity index (χ4v) is 2.18. The van der Waals surface area contributed by atoms with Crippen LogP contribution in [0.25, 0.3) is 0 Å². The van der Waals surface area contributed by atoms with Crippen LogP contribution in [0.4, 0.5) is 0 Å². The summed E-state index contributed by atoms with van der Waals surface area (Å²) in [6.07, 6.45) is 3.21. The summed E-state index contributed by atoms with van der Waals surface area (Å²) in [5, 5.41) is 0. The highest BCUT2D eigenvalue weighted by Crippen LogP contribution is 2.32. The van der Waals surface area contributed by atoms with E-state index in [1.165, 1.54) is 11.1 Å². The van der Waals surface area contributed by atoms with Gasteiger partial charge in [-0.25, -0.2) is 4.79 Å². The Morgan fingerprint density at radius 1 is 1.44 bits per heavy atom. The van der Waals surface area contributed by atoms with E-state index in [1.807, 2.05) is 12.1 Å². The van der Waals surface area contributed by atoms with Gasteiger partial charge in [0.1, 0.15) is 0 Å². The van der Waals surface area contributed by atoms with Crippen LogP contribution in [0, 0.1) is 0 Å². The lowest BCUT2D eigenvalue weighted by Crippen LogP contribution is -2.16. The lowest BCUT2D eigenvalue weighted by Gasteiger charge is -2.25. The van der Waals surface area contributed by atoms with Crippen molar-refractivity contribution in [3.05, 3.63) is 47.5 Å². The molecule has 0 saturated heterocycles. The highest BCUT2D eigenvalue weighted by Gasteiger charge is 2.20. The van der Waals surface area contributed by atoms with Crippen LogP contribution < -0.4 is 0 Å². The monoisotopic (exact) mass is 246 g/mol. The molecule has 1 aliphatic rings. The van der Waals surface area contributed by atoms with Crippen molar-refractivity contribution in [3.63, 3.8) is 0 Å². The predicted octanol–water partition coefficient (Wildman–Crippen LogP) is 3.16. The van der Waals surface area contributed by atoms with E-state index in [9.17, 15) is 4.79 Å². The van der Waals surface area contributed by atoms with Gasteiger partial charge in [-0.1, -0.05) is 30.8 Å². The minimum Gasteiger partial charge on any atom is -0.435 e. The maximum atomic E-state index is 11.2. The molecule has 0 aliphatic heterocycles. The SMILES string of the molecule is C=C(C)C(=O)OCOC1CCCc2ccccc21. The summed E-state index contributed by atoms with van der Waals surface area (Å²) in [7, 11) is 0. The standard InChI is InChI=1S/C15H18O3/c1-11(2)15(16)18-10-17-14-9-5-7-12-6-3-4-8-13(12)14/h3-4,6,8,14H,1,5,7,9-10H2,2H3. The molecular weight excluding hydrogens is 228 g/mol. The Balaban J connectivity index is 1.92. The fourth-order valence-electron chi connectivity index (χ4n) is 2.18. The van der Waals surface area contributed by atoms with Crippen molar-refractivity contribution in [3.8, 4) is 0 Å². The van der Waals surface area contributed by atoms with Gasteiger partial charge in [-0.2, -0.15) is 0 Å². The topological polar surface area (TPSA) is 35.5 Å². The van der Waals surface area contributed by atoms with E-state index in [0.29, 0.717) is 5.57 Å². The molecule has 1 unspecified atom stereocenters. The van der Waals surface area contributed by atoms with Crippen molar-refractivity contribution in [1.29, 1.82) is 0 Å². The number of benzene rings is 1. The van der Waals surface area contributed by atoms with E-state index in [0.717, 1.165) is 19.3 Å². The van der Waals surface area contributed by atoms with Gasteiger partial charge < -0.3 is 9.47 Å². The molecule has 0 saturated carbocycles. The quantitative estimate of drug-likeness (QED) is 0.465. The van der Waals surface area contributed by atoms with Crippen molar-refractivity contribution in [2.45, 2.75) is 32.3 Å². The van der Waals surface area contributed by atoms with E-state index in [1.54, 1.807) is 6.92 Å². The summed E-state index contributed by atoms with van der Waals surface area (Å²) >= 11 is 0. The number of aryl methyl sites for hydroxylation is 1. The van der Waals surface area contributed by atoms with Gasteiger partial charge in [0, 0.05) is 5.57 Å². The van der Waals surface area contributed by atoms with Crippen molar-refractivity contribution in [1.82, 2.24) is 0 Å². The number of fused-ring (bicyclic) bond motifs is 1. The second kappa shape index (κ2) is 5.83. The zero-order chi connectivity index (χ0) is 13.0. The molecule has 3 heteroatoms. The summed E-state index contributed by atoms with van der Waals surface area (Å²) < 4.78 is 10.6. The van der Waals surface area contributed by atoms with Gasteiger partial charge in [-0.05, 0) is 37.3 Å². The smallest absolute Gasteiger partial charge is 0.335 e. The zero-order valence-electron chi connectivity index (χ0n) is 10.6. The number of esters is 1. The average molecular weight is 246 g/mol. The molecule has 2 rings (SSSR count). The normalized spacial score (nSPS) is 17.9. The second-order valence-corrected chi connectivity index (χ2v) is 4.58. The Morgan fingerprint density at radius 3 is 3.00 bits per heavy atom. The predicted molar refractivity (Wildman–Crippen MR) is 69.0 cm³/mol. The third-order valence-corrected chi connectivity index (χ3v) is 3.12. The number of carbonyl (C=O) groups excluding carboxylic acids is 1. The second-order valence-electron chi connectivity index (χ2n) is 4.58. The molecule has 0 bridgehead atoms. The summed E-state index contributed by atoms with van der Waals surface area (Å²) in [4.78, 5) is 11.2. The minimum atomic E-state index is -0.404. The van der Waals surface area contributed by atoms with Crippen molar-refractivity contribution < 1.29 is 14.3 Å². The minimum absolute atomic E-state index is 0.00923. The first-order chi connectivity index (χ1) is 8.68. The van der Waals surface area contributed by atoms with Gasteiger partial charge in [-0.15, -0.1) is 0 Å². The largest absolute Gasteiger partial charge is 0.435 e. The molecule has 96 valence electrons. The average Bonchev–Trinajstić information content (AvgIpc) is 2.38. The van der Waals surface area contributed by atoms with Crippen molar-refractivity contribution >= 4 is 5.97 Å². The summed E-state index contributed by atoms with van der Waals surface area (Å²) in [5.74, 6) is -0.404. The summed E-state index contributed by atoms with van der Waals surface area (Å²) in [5.41, 5.74) is 2.94. The van der Waals surface area contributed by atoms with Crippen LogP contribution >= 0.6 is 0 Å². The van der Waals surface area contributed by atoms with Crippen molar-refractivity contribution in [2.24, 2.45) is 0 Å². The maximum Gasteiger partial charge on any atom is 0.335 e. The van der Waals surface area contributed by atoms with E-state index in [2.05, 4.69) is 18.7 Å². The maximum absolute atomic E-state index is 11.2. The van der Waals surface area contributed by atoms with E-state index < -0.39 is 5.97 Å². The van der Waals surface area contributed by atoms with E-state index in [-0.39, 0.29) is 12.9 Å². The van der Waals surface area contributed by atoms with Gasteiger partial charge in [0.25, 0.3) is 0 Å². The van der Waals surface area contributed by atoms with Gasteiger partial charge in [0.2, 0.25) is 0 Å². The molecule has 0 N–H and O–H groups in total. The van der Waals surface area contributed by atoms with Crippen LogP contribution in [0.2, 0.25) is 0 Å². The number of hydrogen-bond acceptors (Lipinski definition) is 3. The Morgan fingerprint density at radius 2 is 2.22 bits per heavy atom. The van der Waals surface area contributed by atoms with Gasteiger partial charge in [-0.3, -0.25) is 0 Å². The van der Waals surface area contributed by atoms with Gasteiger partial charge in [0.15, 0.2) is 6.79 Å². The first-order valence-corrected chi connectivity index (χ1v) is 6.20. The first-order valence-electron chi connectivity index (χ1n) is 6.20.